The molecular formula is C31H47NO4Si. The van der Waals surface area contributed by atoms with Gasteiger partial charge in [0.25, 0.3) is 0 Å². The van der Waals surface area contributed by atoms with E-state index in [1.807, 2.05) is 30.3 Å². The van der Waals surface area contributed by atoms with Gasteiger partial charge in [0.05, 0.1) is 18.7 Å². The lowest BCUT2D eigenvalue weighted by Crippen LogP contribution is -2.45. The minimum Gasteiger partial charge on any atom is -0.469 e. The van der Waals surface area contributed by atoms with Crippen LogP contribution in [-0.2, 0) is 14.0 Å². The van der Waals surface area contributed by atoms with Crippen LogP contribution >= 0.6 is 0 Å². The van der Waals surface area contributed by atoms with Crippen LogP contribution in [0.1, 0.15) is 95.6 Å². The van der Waals surface area contributed by atoms with Crippen LogP contribution in [0.4, 0.5) is 0 Å². The number of ketones is 1. The first kappa shape index (κ1) is 30.9. The van der Waals surface area contributed by atoms with E-state index >= 15 is 0 Å². The van der Waals surface area contributed by atoms with E-state index < -0.39 is 8.32 Å². The SMILES string of the molecule is CCCCCC(=O)c1nc2ccccc2cc1/C=C/[C@@H](C)[C@H](CCCC(=O)OC)O[Si](C)(C)C(C)(C)C. The van der Waals surface area contributed by atoms with Crippen molar-refractivity contribution in [2.24, 2.45) is 5.92 Å². The molecule has 0 aliphatic rings. The Kier molecular flexibility index (Phi) is 11.7. The molecular weight excluding hydrogens is 478 g/mol. The number of nitrogens with zero attached hydrogens (tertiary/aromatic N) is 1. The van der Waals surface area contributed by atoms with E-state index in [0.29, 0.717) is 25.0 Å². The quantitative estimate of drug-likeness (QED) is 0.107. The van der Waals surface area contributed by atoms with Crippen molar-refractivity contribution in [3.63, 3.8) is 0 Å². The van der Waals surface area contributed by atoms with Gasteiger partial charge in [-0.05, 0) is 55.4 Å². The summed E-state index contributed by atoms with van der Waals surface area (Å²) in [6.07, 6.45) is 9.53. The molecule has 1 heterocycles. The summed E-state index contributed by atoms with van der Waals surface area (Å²) >= 11 is 0. The summed E-state index contributed by atoms with van der Waals surface area (Å²) < 4.78 is 11.7. The molecule has 0 N–H and O–H groups in total. The molecule has 204 valence electrons. The van der Waals surface area contributed by atoms with Gasteiger partial charge in [0.2, 0.25) is 0 Å². The number of hydrogen-bond donors (Lipinski definition) is 0. The number of pyridine rings is 1. The lowest BCUT2D eigenvalue weighted by atomic mass is 9.96. The predicted molar refractivity (Wildman–Crippen MR) is 156 cm³/mol. The molecule has 2 rings (SSSR count). The third-order valence-corrected chi connectivity index (χ3v) is 12.0. The van der Waals surface area contributed by atoms with Crippen LogP contribution in [0.15, 0.2) is 36.4 Å². The van der Waals surface area contributed by atoms with E-state index in [0.717, 1.165) is 42.1 Å². The van der Waals surface area contributed by atoms with Crippen LogP contribution < -0.4 is 0 Å². The maximum absolute atomic E-state index is 13.1. The van der Waals surface area contributed by atoms with Crippen molar-refractivity contribution in [2.75, 3.05) is 7.11 Å². The minimum absolute atomic E-state index is 0.0288. The molecule has 0 unspecified atom stereocenters. The minimum atomic E-state index is -2.02. The van der Waals surface area contributed by atoms with Crippen LogP contribution in [0.25, 0.3) is 17.0 Å². The second-order valence-electron chi connectivity index (χ2n) is 11.6. The fraction of sp³-hybridized carbons (Fsp3) is 0.581. The van der Waals surface area contributed by atoms with Gasteiger partial charge in [0.15, 0.2) is 14.1 Å². The zero-order chi connectivity index (χ0) is 27.6. The Labute approximate surface area is 225 Å². The molecule has 2 atom stereocenters. The molecule has 0 saturated carbocycles. The van der Waals surface area contributed by atoms with Crippen LogP contribution in [-0.4, -0.2) is 38.3 Å². The van der Waals surface area contributed by atoms with Crippen molar-refractivity contribution in [3.8, 4) is 0 Å². The average molecular weight is 526 g/mol. The predicted octanol–water partition coefficient (Wildman–Crippen LogP) is 8.38. The molecule has 0 bridgehead atoms. The van der Waals surface area contributed by atoms with Gasteiger partial charge in [-0.15, -0.1) is 0 Å². The van der Waals surface area contributed by atoms with E-state index in [4.69, 9.17) is 14.1 Å². The third-order valence-electron chi connectivity index (χ3n) is 7.54. The number of aromatic nitrogens is 1. The highest BCUT2D eigenvalue weighted by atomic mass is 28.4. The summed E-state index contributed by atoms with van der Waals surface area (Å²) in [5, 5.41) is 1.10. The maximum Gasteiger partial charge on any atom is 0.305 e. The summed E-state index contributed by atoms with van der Waals surface area (Å²) in [4.78, 5) is 29.6. The molecule has 0 aliphatic heterocycles. The van der Waals surface area contributed by atoms with Crippen molar-refractivity contribution in [1.82, 2.24) is 4.98 Å². The van der Waals surface area contributed by atoms with Gasteiger partial charge >= 0.3 is 5.97 Å². The van der Waals surface area contributed by atoms with Crippen LogP contribution in [0.2, 0.25) is 18.1 Å². The lowest BCUT2D eigenvalue weighted by molar-refractivity contribution is -0.140. The second kappa shape index (κ2) is 14.0. The fourth-order valence-corrected chi connectivity index (χ4v) is 5.49. The Morgan fingerprint density at radius 3 is 2.43 bits per heavy atom. The number of carbonyl (C=O) groups is 2. The first-order chi connectivity index (χ1) is 17.4. The first-order valence-corrected chi connectivity index (χ1v) is 16.7. The van der Waals surface area contributed by atoms with E-state index in [1.54, 1.807) is 0 Å². The van der Waals surface area contributed by atoms with Crippen molar-refractivity contribution in [2.45, 2.75) is 104 Å². The molecule has 0 fully saturated rings. The highest BCUT2D eigenvalue weighted by Gasteiger charge is 2.39. The number of Topliss-reactive ketones (excluding diaryl/α,β-unsaturated/α-hetero) is 1. The number of unbranched alkanes of at least 4 members (excludes halogenated alkanes) is 2. The van der Waals surface area contributed by atoms with Crippen LogP contribution in [0, 0.1) is 5.92 Å². The maximum atomic E-state index is 13.1. The standard InChI is InChI=1S/C31H47NO4Si/c1-9-10-11-17-27(33)30-25(22-24-15-12-13-16-26(24)32-30)21-20-23(2)28(18-14-19-29(34)35-6)36-37(7,8)31(3,4)5/h12-13,15-16,20-23,28H,9-11,14,17-19H2,1-8H3/b21-20+/t23-,28+/m1/s1. The van der Waals surface area contributed by atoms with Crippen LogP contribution in [0.5, 0.6) is 0 Å². The van der Waals surface area contributed by atoms with Crippen molar-refractivity contribution in [1.29, 1.82) is 0 Å². The number of esters is 1. The number of fused-ring (bicyclic) bond motifs is 1. The number of methoxy groups -OCH3 is 1. The van der Waals surface area contributed by atoms with E-state index in [9.17, 15) is 9.59 Å². The Morgan fingerprint density at radius 2 is 1.78 bits per heavy atom. The highest BCUT2D eigenvalue weighted by molar-refractivity contribution is 6.74. The Morgan fingerprint density at radius 1 is 1.08 bits per heavy atom. The largest absolute Gasteiger partial charge is 0.469 e. The van der Waals surface area contributed by atoms with Crippen molar-refractivity contribution in [3.05, 3.63) is 47.7 Å². The molecule has 5 nitrogen and oxygen atoms in total. The average Bonchev–Trinajstić information content (AvgIpc) is 2.85. The molecule has 0 spiro atoms. The normalized spacial score (nSPS) is 14.2. The molecule has 6 heteroatoms. The van der Waals surface area contributed by atoms with E-state index in [-0.39, 0.29) is 28.8 Å². The second-order valence-corrected chi connectivity index (χ2v) is 16.4. The summed E-state index contributed by atoms with van der Waals surface area (Å²) in [7, 11) is -0.598. The number of ether oxygens (including phenoxy) is 1. The van der Waals surface area contributed by atoms with Gasteiger partial charge < -0.3 is 9.16 Å². The molecule has 37 heavy (non-hydrogen) atoms. The molecule has 1 aromatic carbocycles. The van der Waals surface area contributed by atoms with Crippen LogP contribution in [0.3, 0.4) is 0 Å². The monoisotopic (exact) mass is 525 g/mol. The van der Waals surface area contributed by atoms with Gasteiger partial charge in [-0.25, -0.2) is 4.98 Å². The van der Waals surface area contributed by atoms with Gasteiger partial charge in [0, 0.05) is 23.8 Å². The number of carbonyl (C=O) groups excluding carboxylic acids is 2. The summed E-state index contributed by atoms with van der Waals surface area (Å²) in [6, 6.07) is 10.0. The molecule has 1 aromatic heterocycles. The smallest absolute Gasteiger partial charge is 0.305 e. The topological polar surface area (TPSA) is 65.5 Å². The molecule has 2 aromatic rings. The molecule has 0 radical (unpaired) electrons. The van der Waals surface area contributed by atoms with Gasteiger partial charge in [-0.3, -0.25) is 9.59 Å². The van der Waals surface area contributed by atoms with E-state index in [2.05, 4.69) is 59.9 Å². The van der Waals surface area contributed by atoms with Crippen molar-refractivity contribution < 1.29 is 18.8 Å². The zero-order valence-corrected chi connectivity index (χ0v) is 25.2. The highest BCUT2D eigenvalue weighted by Crippen LogP contribution is 2.39. The zero-order valence-electron chi connectivity index (χ0n) is 24.2. The fourth-order valence-electron chi connectivity index (χ4n) is 4.05. The van der Waals surface area contributed by atoms with Gasteiger partial charge in [-0.2, -0.15) is 0 Å². The summed E-state index contributed by atoms with van der Waals surface area (Å²) in [5.41, 5.74) is 2.24. The third kappa shape index (κ3) is 9.18. The summed E-state index contributed by atoms with van der Waals surface area (Å²) in [6.45, 7) is 15.5. The lowest BCUT2D eigenvalue weighted by Gasteiger charge is -2.40. The van der Waals surface area contributed by atoms with E-state index in [1.165, 1.54) is 7.11 Å². The van der Waals surface area contributed by atoms with Crippen molar-refractivity contribution >= 4 is 37.0 Å². The first-order valence-electron chi connectivity index (χ1n) is 13.8. The number of para-hydroxylation sites is 1. The Balaban J connectivity index is 2.35. The van der Waals surface area contributed by atoms with Gasteiger partial charge in [-0.1, -0.05) is 77.8 Å². The number of rotatable bonds is 14. The number of hydrogen-bond acceptors (Lipinski definition) is 5. The Bertz CT molecular complexity index is 1070. The Hall–Kier alpha value is -2.31. The number of benzene rings is 1. The molecule has 0 amide bonds. The summed E-state index contributed by atoms with van der Waals surface area (Å²) in [5.74, 6) is 0.00248. The van der Waals surface area contributed by atoms with Gasteiger partial charge in [0.1, 0.15) is 5.69 Å². The molecule has 0 saturated heterocycles. The molecule has 0 aliphatic carbocycles.